The predicted molar refractivity (Wildman–Crippen MR) is 79.2 cm³/mol. The summed E-state index contributed by atoms with van der Waals surface area (Å²) in [5.74, 6) is -2.90. The number of nitrogens with one attached hydrogen (secondary N) is 1. The van der Waals surface area contributed by atoms with Crippen LogP contribution in [0.5, 0.6) is 0 Å². The van der Waals surface area contributed by atoms with Crippen molar-refractivity contribution in [1.82, 2.24) is 0 Å². The summed E-state index contributed by atoms with van der Waals surface area (Å²) in [5.41, 5.74) is 0.917. The van der Waals surface area contributed by atoms with E-state index in [2.05, 4.69) is 10.1 Å². The van der Waals surface area contributed by atoms with Gasteiger partial charge in [-0.3, -0.25) is 4.79 Å². The van der Waals surface area contributed by atoms with Crippen molar-refractivity contribution >= 4 is 23.5 Å². The molecule has 23 heavy (non-hydrogen) atoms. The average molecular weight is 316 g/mol. The molecule has 3 rings (SSSR count). The topological polar surface area (TPSA) is 95.5 Å². The summed E-state index contributed by atoms with van der Waals surface area (Å²) >= 11 is 0. The molecule has 0 radical (unpaired) electrons. The molecule has 1 amide bonds. The summed E-state index contributed by atoms with van der Waals surface area (Å²) < 4.78 is 4.61. The fraction of sp³-hybridized carbons (Fsp3) is 0.471. The minimum atomic E-state index is -1.13. The van der Waals surface area contributed by atoms with Crippen molar-refractivity contribution in [3.63, 3.8) is 0 Å². The Morgan fingerprint density at radius 1 is 1.09 bits per heavy atom. The summed E-state index contributed by atoms with van der Waals surface area (Å²) in [4.78, 5) is 35.2. The number of carboxylic acid groups (broad SMARTS) is 1. The summed E-state index contributed by atoms with van der Waals surface area (Å²) in [6, 6.07) is 6.31. The molecule has 2 saturated carbocycles. The number of methoxy groups -OCH3 is 1. The molecule has 4 atom stereocenters. The van der Waals surface area contributed by atoms with Gasteiger partial charge in [-0.2, -0.15) is 0 Å². The van der Waals surface area contributed by atoms with Crippen LogP contribution in [0, 0.1) is 23.7 Å². The molecule has 122 valence electrons. The standard InChI is InChI=1S/C17H19NO5/c1-23-17(22)9-4-6-12(7-5-9)18-15(19)13-10-2-3-11(8-10)14(13)16(20)21/h4-7,10-11,13-14H,2-3,8H2,1H3,(H,18,19)(H,20,21)/p-1/t10-,11+,13-,14+/m1/s1. The van der Waals surface area contributed by atoms with Crippen molar-refractivity contribution in [3.05, 3.63) is 29.8 Å². The molecular weight excluding hydrogens is 298 g/mol. The molecule has 0 heterocycles. The monoisotopic (exact) mass is 316 g/mol. The Kier molecular flexibility index (Phi) is 4.07. The highest BCUT2D eigenvalue weighted by Crippen LogP contribution is 2.52. The molecule has 0 unspecified atom stereocenters. The highest BCUT2D eigenvalue weighted by Gasteiger charge is 2.51. The lowest BCUT2D eigenvalue weighted by Crippen LogP contribution is -2.43. The molecule has 1 aromatic rings. The number of anilines is 1. The van der Waals surface area contributed by atoms with Crippen LogP contribution in [0.1, 0.15) is 29.6 Å². The number of carbonyl (C=O) groups excluding carboxylic acids is 3. The summed E-state index contributed by atoms with van der Waals surface area (Å²) in [5, 5.41) is 14.1. The zero-order valence-corrected chi connectivity index (χ0v) is 12.8. The van der Waals surface area contributed by atoms with Crippen LogP contribution < -0.4 is 10.4 Å². The molecule has 2 bridgehead atoms. The Morgan fingerprint density at radius 2 is 1.70 bits per heavy atom. The number of benzene rings is 1. The van der Waals surface area contributed by atoms with Gasteiger partial charge in [0.05, 0.1) is 12.7 Å². The van der Waals surface area contributed by atoms with Gasteiger partial charge >= 0.3 is 5.97 Å². The quantitative estimate of drug-likeness (QED) is 0.830. The van der Waals surface area contributed by atoms with Crippen molar-refractivity contribution in [2.75, 3.05) is 12.4 Å². The van der Waals surface area contributed by atoms with E-state index in [9.17, 15) is 19.5 Å². The molecule has 0 saturated heterocycles. The Hall–Kier alpha value is -2.37. The number of carbonyl (C=O) groups is 3. The van der Waals surface area contributed by atoms with Crippen LogP contribution in [0.25, 0.3) is 0 Å². The molecule has 0 spiro atoms. The Balaban J connectivity index is 1.71. The van der Waals surface area contributed by atoms with E-state index in [1.807, 2.05) is 0 Å². The van der Waals surface area contributed by atoms with Crippen molar-refractivity contribution in [3.8, 4) is 0 Å². The Bertz CT molecular complexity index is 639. The first-order valence-electron chi connectivity index (χ1n) is 7.71. The Morgan fingerprint density at radius 3 is 2.26 bits per heavy atom. The maximum absolute atomic E-state index is 12.5. The van der Waals surface area contributed by atoms with Crippen molar-refractivity contribution < 1.29 is 24.2 Å². The number of carboxylic acids is 1. The normalized spacial score (nSPS) is 28.4. The molecule has 0 aliphatic heterocycles. The van der Waals surface area contributed by atoms with Crippen LogP contribution in [0.2, 0.25) is 0 Å². The smallest absolute Gasteiger partial charge is 0.337 e. The molecule has 6 nitrogen and oxygen atoms in total. The predicted octanol–water partition coefficient (Wildman–Crippen LogP) is 0.824. The second-order valence-electron chi connectivity index (χ2n) is 6.26. The number of fused-ring (bicyclic) bond motifs is 2. The van der Waals surface area contributed by atoms with Gasteiger partial charge in [0.2, 0.25) is 5.91 Å². The maximum atomic E-state index is 12.5. The van der Waals surface area contributed by atoms with Crippen molar-refractivity contribution in [2.45, 2.75) is 19.3 Å². The van der Waals surface area contributed by atoms with E-state index >= 15 is 0 Å². The number of ether oxygens (including phenoxy) is 1. The van der Waals surface area contributed by atoms with E-state index in [1.54, 1.807) is 24.3 Å². The van der Waals surface area contributed by atoms with Gasteiger partial charge in [0, 0.05) is 23.5 Å². The fourth-order valence-corrected chi connectivity index (χ4v) is 4.04. The SMILES string of the molecule is COC(=O)c1ccc(NC(=O)[C@@H]2[C@@H]3CC[C@@H](C3)[C@@H]2C(=O)[O-])cc1. The summed E-state index contributed by atoms with van der Waals surface area (Å²) in [6.07, 6.45) is 2.55. The molecule has 1 aromatic carbocycles. The molecule has 2 aliphatic rings. The lowest BCUT2D eigenvalue weighted by Gasteiger charge is -2.30. The number of amides is 1. The minimum Gasteiger partial charge on any atom is -0.550 e. The van der Waals surface area contributed by atoms with Crippen LogP contribution in [0.3, 0.4) is 0 Å². The second-order valence-corrected chi connectivity index (χ2v) is 6.26. The first-order chi connectivity index (χ1) is 11.0. The first kappa shape index (κ1) is 15.5. The van der Waals surface area contributed by atoms with Gasteiger partial charge in [-0.05, 0) is 55.4 Å². The van der Waals surface area contributed by atoms with E-state index in [0.717, 1.165) is 19.3 Å². The third-order valence-corrected chi connectivity index (χ3v) is 5.06. The van der Waals surface area contributed by atoms with Gasteiger partial charge in [0.15, 0.2) is 0 Å². The number of hydrogen-bond acceptors (Lipinski definition) is 5. The van der Waals surface area contributed by atoms with Crippen LogP contribution in [0.4, 0.5) is 5.69 Å². The van der Waals surface area contributed by atoms with Gasteiger partial charge in [0.25, 0.3) is 0 Å². The van der Waals surface area contributed by atoms with Crippen LogP contribution >= 0.6 is 0 Å². The van der Waals surface area contributed by atoms with E-state index in [0.29, 0.717) is 11.3 Å². The lowest BCUT2D eigenvalue weighted by molar-refractivity contribution is -0.314. The average Bonchev–Trinajstić information content (AvgIpc) is 3.15. The lowest BCUT2D eigenvalue weighted by atomic mass is 9.78. The van der Waals surface area contributed by atoms with Gasteiger partial charge in [-0.1, -0.05) is 0 Å². The fourth-order valence-electron chi connectivity index (χ4n) is 4.04. The highest BCUT2D eigenvalue weighted by molar-refractivity contribution is 5.96. The maximum Gasteiger partial charge on any atom is 0.337 e. The van der Waals surface area contributed by atoms with Gasteiger partial charge < -0.3 is 20.0 Å². The third-order valence-electron chi connectivity index (χ3n) is 5.06. The molecule has 2 fully saturated rings. The minimum absolute atomic E-state index is 0.0578. The largest absolute Gasteiger partial charge is 0.550 e. The van der Waals surface area contributed by atoms with Gasteiger partial charge in [-0.25, -0.2) is 4.79 Å². The van der Waals surface area contributed by atoms with E-state index in [4.69, 9.17) is 0 Å². The molecule has 1 N–H and O–H groups in total. The Labute approximate surface area is 133 Å². The summed E-state index contributed by atoms with van der Waals surface area (Å²) in [6.45, 7) is 0. The van der Waals surface area contributed by atoms with Crippen molar-refractivity contribution in [1.29, 1.82) is 0 Å². The van der Waals surface area contributed by atoms with E-state index < -0.39 is 23.8 Å². The highest BCUT2D eigenvalue weighted by atomic mass is 16.5. The molecule has 2 aliphatic carbocycles. The third kappa shape index (κ3) is 2.81. The molecule has 6 heteroatoms. The van der Waals surface area contributed by atoms with Crippen molar-refractivity contribution in [2.24, 2.45) is 23.7 Å². The first-order valence-corrected chi connectivity index (χ1v) is 7.71. The number of esters is 1. The van der Waals surface area contributed by atoms with Crippen LogP contribution in [-0.4, -0.2) is 25.0 Å². The van der Waals surface area contributed by atoms with E-state index in [1.165, 1.54) is 7.11 Å². The zero-order valence-electron chi connectivity index (χ0n) is 12.8. The number of rotatable bonds is 4. The molecular formula is C17H18NO5-. The van der Waals surface area contributed by atoms with E-state index in [-0.39, 0.29) is 17.7 Å². The number of hydrogen-bond donors (Lipinski definition) is 1. The second kappa shape index (κ2) is 6.02. The van der Waals surface area contributed by atoms with Crippen LogP contribution in [-0.2, 0) is 14.3 Å². The van der Waals surface area contributed by atoms with Crippen LogP contribution in [0.15, 0.2) is 24.3 Å². The van der Waals surface area contributed by atoms with Gasteiger partial charge in [0.1, 0.15) is 0 Å². The summed E-state index contributed by atoms with van der Waals surface area (Å²) in [7, 11) is 1.30. The zero-order chi connectivity index (χ0) is 16.6. The molecule has 0 aromatic heterocycles. The number of aliphatic carboxylic acids is 1. The van der Waals surface area contributed by atoms with Gasteiger partial charge in [-0.15, -0.1) is 0 Å².